The first kappa shape index (κ1) is 13.0. The molecule has 2 rings (SSSR count). The van der Waals surface area contributed by atoms with Crippen LogP contribution in [-0.2, 0) is 6.42 Å². The van der Waals surface area contributed by atoms with E-state index < -0.39 is 0 Å². The van der Waals surface area contributed by atoms with Gasteiger partial charge in [-0.05, 0) is 61.9 Å². The van der Waals surface area contributed by atoms with Crippen molar-refractivity contribution in [3.63, 3.8) is 0 Å². The highest BCUT2D eigenvalue weighted by Crippen LogP contribution is 2.39. The third kappa shape index (κ3) is 3.29. The summed E-state index contributed by atoms with van der Waals surface area (Å²) in [6.07, 6.45) is 3.58. The molecule has 0 aromatic heterocycles. The minimum atomic E-state index is -0.155. The molecule has 17 heavy (non-hydrogen) atoms. The van der Waals surface area contributed by atoms with Crippen molar-refractivity contribution in [3.05, 3.63) is 34.1 Å². The number of hydrogen-bond acceptors (Lipinski definition) is 1. The predicted molar refractivity (Wildman–Crippen MR) is 72.5 cm³/mol. The van der Waals surface area contributed by atoms with Crippen molar-refractivity contribution in [2.75, 3.05) is 7.05 Å². The summed E-state index contributed by atoms with van der Waals surface area (Å²) in [6, 6.07) is 5.35. The summed E-state index contributed by atoms with van der Waals surface area (Å²) in [5.41, 5.74) is 1.05. The van der Waals surface area contributed by atoms with Gasteiger partial charge in [0, 0.05) is 10.5 Å². The minimum Gasteiger partial charge on any atom is -0.316 e. The fraction of sp³-hybridized carbons (Fsp3) is 0.571. The highest BCUT2D eigenvalue weighted by atomic mass is 79.9. The fourth-order valence-corrected chi connectivity index (χ4v) is 2.85. The van der Waals surface area contributed by atoms with Gasteiger partial charge >= 0.3 is 0 Å². The first-order chi connectivity index (χ1) is 8.11. The Morgan fingerprint density at radius 2 is 2.18 bits per heavy atom. The molecular formula is C14H19BrFN. The monoisotopic (exact) mass is 299 g/mol. The van der Waals surface area contributed by atoms with Gasteiger partial charge in [-0.15, -0.1) is 0 Å². The topological polar surface area (TPSA) is 12.0 Å². The Morgan fingerprint density at radius 3 is 2.76 bits per heavy atom. The molecule has 1 aliphatic rings. The van der Waals surface area contributed by atoms with Crippen molar-refractivity contribution < 1.29 is 4.39 Å². The van der Waals surface area contributed by atoms with Crippen LogP contribution < -0.4 is 5.32 Å². The zero-order chi connectivity index (χ0) is 12.4. The van der Waals surface area contributed by atoms with E-state index in [1.165, 1.54) is 18.9 Å². The highest BCUT2D eigenvalue weighted by molar-refractivity contribution is 9.10. The van der Waals surface area contributed by atoms with Gasteiger partial charge in [0.15, 0.2) is 0 Å². The lowest BCUT2D eigenvalue weighted by Crippen LogP contribution is -2.35. The number of nitrogens with one attached hydrogen (secondary N) is 1. The molecule has 0 spiro atoms. The van der Waals surface area contributed by atoms with Crippen molar-refractivity contribution in [3.8, 4) is 0 Å². The number of likely N-dealkylation sites (N-methyl/N-ethyl adjacent to an activating group) is 1. The lowest BCUT2D eigenvalue weighted by atomic mass is 9.91. The number of benzene rings is 1. The van der Waals surface area contributed by atoms with E-state index in [1.807, 2.05) is 7.05 Å². The molecule has 0 bridgehead atoms. The van der Waals surface area contributed by atoms with Gasteiger partial charge in [0.05, 0.1) is 0 Å². The van der Waals surface area contributed by atoms with Crippen LogP contribution in [0.3, 0.4) is 0 Å². The van der Waals surface area contributed by atoms with Gasteiger partial charge in [-0.2, -0.15) is 0 Å². The number of hydrogen-bond donors (Lipinski definition) is 1. The van der Waals surface area contributed by atoms with E-state index in [4.69, 9.17) is 0 Å². The molecule has 0 heterocycles. The maximum Gasteiger partial charge on any atom is 0.123 e. The molecule has 2 unspecified atom stereocenters. The second kappa shape index (κ2) is 5.49. The maximum absolute atomic E-state index is 13.2. The smallest absolute Gasteiger partial charge is 0.123 e. The molecule has 1 aliphatic carbocycles. The minimum absolute atomic E-state index is 0.155. The zero-order valence-electron chi connectivity index (χ0n) is 10.3. The predicted octanol–water partition coefficient (Wildman–Crippen LogP) is 3.76. The second-order valence-corrected chi connectivity index (χ2v) is 5.89. The van der Waals surface area contributed by atoms with Crippen molar-refractivity contribution >= 4 is 15.9 Å². The van der Waals surface area contributed by atoms with Crippen LogP contribution in [-0.4, -0.2) is 13.1 Å². The Morgan fingerprint density at radius 1 is 1.47 bits per heavy atom. The third-order valence-corrected chi connectivity index (χ3v) is 4.59. The second-order valence-electron chi connectivity index (χ2n) is 5.03. The number of rotatable bonds is 5. The molecule has 0 saturated heterocycles. The molecule has 94 valence electrons. The fourth-order valence-electron chi connectivity index (χ4n) is 2.44. The van der Waals surface area contributed by atoms with E-state index >= 15 is 0 Å². The highest BCUT2D eigenvalue weighted by Gasteiger charge is 2.32. The molecule has 1 N–H and O–H groups in total. The first-order valence-electron chi connectivity index (χ1n) is 6.23. The summed E-state index contributed by atoms with van der Waals surface area (Å²) >= 11 is 3.50. The maximum atomic E-state index is 13.2. The summed E-state index contributed by atoms with van der Waals surface area (Å²) in [6.45, 7) is 2.30. The van der Waals surface area contributed by atoms with E-state index in [-0.39, 0.29) is 5.82 Å². The van der Waals surface area contributed by atoms with Crippen molar-refractivity contribution in [2.45, 2.75) is 32.2 Å². The first-order valence-corrected chi connectivity index (χ1v) is 7.02. The van der Waals surface area contributed by atoms with Gasteiger partial charge in [-0.1, -0.05) is 22.9 Å². The van der Waals surface area contributed by atoms with E-state index in [1.54, 1.807) is 12.1 Å². The van der Waals surface area contributed by atoms with Gasteiger partial charge in [0.2, 0.25) is 0 Å². The zero-order valence-corrected chi connectivity index (χ0v) is 11.9. The van der Waals surface area contributed by atoms with Gasteiger partial charge in [-0.3, -0.25) is 0 Å². The van der Waals surface area contributed by atoms with Gasteiger partial charge in [0.25, 0.3) is 0 Å². The Bertz CT molecular complexity index is 390. The van der Waals surface area contributed by atoms with Crippen LogP contribution >= 0.6 is 15.9 Å². The van der Waals surface area contributed by atoms with Crippen LogP contribution in [0.1, 0.15) is 25.3 Å². The van der Waals surface area contributed by atoms with Crippen LogP contribution in [0.4, 0.5) is 4.39 Å². The summed E-state index contributed by atoms with van der Waals surface area (Å²) < 4.78 is 14.2. The molecule has 0 radical (unpaired) electrons. The quantitative estimate of drug-likeness (QED) is 0.873. The SMILES string of the molecule is CNC(Cc1cc(F)ccc1Br)C(C)C1CC1. The normalized spacial score (nSPS) is 19.1. The molecule has 0 amide bonds. The molecule has 1 saturated carbocycles. The van der Waals surface area contributed by atoms with Crippen molar-refractivity contribution in [1.82, 2.24) is 5.32 Å². The van der Waals surface area contributed by atoms with Crippen LogP contribution in [0.25, 0.3) is 0 Å². The molecule has 1 nitrogen and oxygen atoms in total. The summed E-state index contributed by atoms with van der Waals surface area (Å²) in [5.74, 6) is 1.37. The molecule has 1 aromatic carbocycles. The molecule has 2 atom stereocenters. The molecule has 1 fully saturated rings. The van der Waals surface area contributed by atoms with Crippen LogP contribution in [0.15, 0.2) is 22.7 Å². The molecular weight excluding hydrogens is 281 g/mol. The molecule has 3 heteroatoms. The van der Waals surface area contributed by atoms with Crippen LogP contribution in [0.2, 0.25) is 0 Å². The van der Waals surface area contributed by atoms with Crippen LogP contribution in [0.5, 0.6) is 0 Å². The third-order valence-electron chi connectivity index (χ3n) is 3.82. The largest absolute Gasteiger partial charge is 0.316 e. The van der Waals surface area contributed by atoms with Crippen molar-refractivity contribution in [1.29, 1.82) is 0 Å². The average molecular weight is 300 g/mol. The van der Waals surface area contributed by atoms with Gasteiger partial charge < -0.3 is 5.32 Å². The lowest BCUT2D eigenvalue weighted by molar-refractivity contribution is 0.357. The van der Waals surface area contributed by atoms with E-state index in [0.717, 1.165) is 22.4 Å². The van der Waals surface area contributed by atoms with E-state index in [2.05, 4.69) is 28.2 Å². The van der Waals surface area contributed by atoms with E-state index in [9.17, 15) is 4.39 Å². The summed E-state index contributed by atoms with van der Waals surface area (Å²) in [4.78, 5) is 0. The average Bonchev–Trinajstić information content (AvgIpc) is 3.13. The van der Waals surface area contributed by atoms with Gasteiger partial charge in [-0.25, -0.2) is 4.39 Å². The molecule has 0 aliphatic heterocycles. The Kier molecular flexibility index (Phi) is 4.21. The Balaban J connectivity index is 2.08. The lowest BCUT2D eigenvalue weighted by Gasteiger charge is -2.24. The van der Waals surface area contributed by atoms with Crippen molar-refractivity contribution in [2.24, 2.45) is 11.8 Å². The Hall–Kier alpha value is -0.410. The summed E-state index contributed by atoms with van der Waals surface area (Å²) in [7, 11) is 2.00. The molecule has 1 aromatic rings. The number of halogens is 2. The van der Waals surface area contributed by atoms with E-state index in [0.29, 0.717) is 12.0 Å². The standard InChI is InChI=1S/C14H19BrFN/c1-9(10-3-4-10)14(17-2)8-11-7-12(16)5-6-13(11)15/h5-7,9-10,14,17H,3-4,8H2,1-2H3. The van der Waals surface area contributed by atoms with Gasteiger partial charge in [0.1, 0.15) is 5.82 Å². The Labute approximate surface area is 111 Å². The summed E-state index contributed by atoms with van der Waals surface area (Å²) in [5, 5.41) is 3.38. The van der Waals surface area contributed by atoms with Crippen LogP contribution in [0, 0.1) is 17.7 Å².